The molecular weight excluding hydrogens is 222 g/mol. The van der Waals surface area contributed by atoms with Crippen LogP contribution in [0.25, 0.3) is 0 Å². The van der Waals surface area contributed by atoms with E-state index in [1.54, 1.807) is 0 Å². The molecule has 0 aliphatic carbocycles. The van der Waals surface area contributed by atoms with Gasteiger partial charge in [-0.05, 0) is 5.56 Å². The number of hydrogen-bond donors (Lipinski definition) is 3. The SMILES string of the molecule is NC(=S)CCNC(=O)NCc1ccccc1. The zero-order valence-electron chi connectivity index (χ0n) is 8.90. The van der Waals surface area contributed by atoms with E-state index in [0.717, 1.165) is 5.56 Å². The van der Waals surface area contributed by atoms with Crippen LogP contribution in [0.4, 0.5) is 4.79 Å². The Morgan fingerprint density at radius 3 is 2.56 bits per heavy atom. The molecule has 0 heterocycles. The minimum atomic E-state index is -0.208. The Bertz CT molecular complexity index is 354. The molecular formula is C11H15N3OS. The normalized spacial score (nSPS) is 9.50. The molecule has 0 aliphatic rings. The van der Waals surface area contributed by atoms with Gasteiger partial charge in [0.25, 0.3) is 0 Å². The smallest absolute Gasteiger partial charge is 0.315 e. The van der Waals surface area contributed by atoms with Crippen molar-refractivity contribution < 1.29 is 4.79 Å². The summed E-state index contributed by atoms with van der Waals surface area (Å²) in [6, 6.07) is 9.50. The molecule has 4 nitrogen and oxygen atoms in total. The molecule has 0 aromatic heterocycles. The van der Waals surface area contributed by atoms with E-state index < -0.39 is 0 Å². The number of thiocarbonyl (C=S) groups is 1. The Balaban J connectivity index is 2.18. The van der Waals surface area contributed by atoms with E-state index in [4.69, 9.17) is 18.0 Å². The first-order valence-corrected chi connectivity index (χ1v) is 5.43. The third-order valence-electron chi connectivity index (χ3n) is 1.95. The van der Waals surface area contributed by atoms with Gasteiger partial charge in [-0.3, -0.25) is 0 Å². The van der Waals surface area contributed by atoms with Crippen LogP contribution in [0.5, 0.6) is 0 Å². The predicted molar refractivity (Wildman–Crippen MR) is 68.1 cm³/mol. The topological polar surface area (TPSA) is 67.1 Å². The van der Waals surface area contributed by atoms with Gasteiger partial charge in [0.1, 0.15) is 0 Å². The van der Waals surface area contributed by atoms with Gasteiger partial charge in [0.05, 0.1) is 4.99 Å². The fourth-order valence-electron chi connectivity index (χ4n) is 1.14. The van der Waals surface area contributed by atoms with E-state index in [0.29, 0.717) is 24.5 Å². The number of benzene rings is 1. The van der Waals surface area contributed by atoms with Crippen molar-refractivity contribution in [1.82, 2.24) is 10.6 Å². The van der Waals surface area contributed by atoms with Crippen LogP contribution in [-0.2, 0) is 6.54 Å². The molecule has 1 rings (SSSR count). The van der Waals surface area contributed by atoms with Gasteiger partial charge in [-0.25, -0.2) is 4.79 Å². The van der Waals surface area contributed by atoms with Gasteiger partial charge in [-0.1, -0.05) is 42.5 Å². The van der Waals surface area contributed by atoms with E-state index in [2.05, 4.69) is 10.6 Å². The van der Waals surface area contributed by atoms with Crippen LogP contribution in [0.3, 0.4) is 0 Å². The zero-order valence-corrected chi connectivity index (χ0v) is 9.72. The molecule has 0 spiro atoms. The fraction of sp³-hybridized carbons (Fsp3) is 0.273. The number of nitrogens with two attached hydrogens (primary N) is 1. The number of hydrogen-bond acceptors (Lipinski definition) is 2. The number of carbonyl (C=O) groups is 1. The van der Waals surface area contributed by atoms with E-state index in [9.17, 15) is 4.79 Å². The number of carbonyl (C=O) groups excluding carboxylic acids is 1. The first-order chi connectivity index (χ1) is 7.68. The molecule has 16 heavy (non-hydrogen) atoms. The van der Waals surface area contributed by atoms with Gasteiger partial charge < -0.3 is 16.4 Å². The van der Waals surface area contributed by atoms with Gasteiger partial charge in [0.15, 0.2) is 0 Å². The maximum Gasteiger partial charge on any atom is 0.315 e. The van der Waals surface area contributed by atoms with Crippen molar-refractivity contribution in [3.8, 4) is 0 Å². The van der Waals surface area contributed by atoms with E-state index in [1.165, 1.54) is 0 Å². The highest BCUT2D eigenvalue weighted by molar-refractivity contribution is 7.80. The van der Waals surface area contributed by atoms with Gasteiger partial charge in [-0.15, -0.1) is 0 Å². The van der Waals surface area contributed by atoms with Gasteiger partial charge in [0.2, 0.25) is 0 Å². The Morgan fingerprint density at radius 2 is 1.94 bits per heavy atom. The van der Waals surface area contributed by atoms with Gasteiger partial charge in [-0.2, -0.15) is 0 Å². The van der Waals surface area contributed by atoms with Crippen LogP contribution in [0.15, 0.2) is 30.3 Å². The molecule has 5 heteroatoms. The second-order valence-corrected chi connectivity index (χ2v) is 3.84. The summed E-state index contributed by atoms with van der Waals surface area (Å²) in [5.41, 5.74) is 6.37. The third kappa shape index (κ3) is 5.31. The van der Waals surface area contributed by atoms with Crippen LogP contribution < -0.4 is 16.4 Å². The number of rotatable bonds is 5. The summed E-state index contributed by atoms with van der Waals surface area (Å²) in [4.78, 5) is 11.7. The van der Waals surface area contributed by atoms with Crippen LogP contribution in [0.1, 0.15) is 12.0 Å². The van der Waals surface area contributed by atoms with Crippen molar-refractivity contribution in [2.45, 2.75) is 13.0 Å². The minimum Gasteiger partial charge on any atom is -0.393 e. The van der Waals surface area contributed by atoms with E-state index >= 15 is 0 Å². The third-order valence-corrected chi connectivity index (χ3v) is 2.16. The lowest BCUT2D eigenvalue weighted by Gasteiger charge is -2.06. The maximum atomic E-state index is 11.3. The summed E-state index contributed by atoms with van der Waals surface area (Å²) in [6.07, 6.45) is 0.522. The second-order valence-electron chi connectivity index (χ2n) is 3.31. The summed E-state index contributed by atoms with van der Waals surface area (Å²) < 4.78 is 0. The summed E-state index contributed by atoms with van der Waals surface area (Å²) >= 11 is 4.69. The number of amides is 2. The minimum absolute atomic E-state index is 0.208. The Kier molecular flexibility index (Phi) is 5.28. The van der Waals surface area contributed by atoms with Crippen LogP contribution in [0, 0.1) is 0 Å². The van der Waals surface area contributed by atoms with Gasteiger partial charge in [0, 0.05) is 19.5 Å². The summed E-state index contributed by atoms with van der Waals surface area (Å²) in [5, 5.41) is 5.41. The first kappa shape index (κ1) is 12.4. The average Bonchev–Trinajstić information content (AvgIpc) is 2.27. The molecule has 0 saturated heterocycles. The Labute approximate surface area is 100 Å². The predicted octanol–water partition coefficient (Wildman–Crippen LogP) is 1.16. The monoisotopic (exact) mass is 237 g/mol. The molecule has 0 fully saturated rings. The molecule has 0 unspecified atom stereocenters. The number of nitrogens with one attached hydrogen (secondary N) is 2. The highest BCUT2D eigenvalue weighted by Gasteiger charge is 1.99. The van der Waals surface area contributed by atoms with Crippen molar-refractivity contribution in [3.63, 3.8) is 0 Å². The molecule has 2 amide bonds. The molecule has 1 aromatic rings. The fourth-order valence-corrected chi connectivity index (χ4v) is 1.24. The van der Waals surface area contributed by atoms with Crippen LogP contribution >= 0.6 is 12.2 Å². The van der Waals surface area contributed by atoms with Crippen LogP contribution in [0.2, 0.25) is 0 Å². The molecule has 0 bridgehead atoms. The highest BCUT2D eigenvalue weighted by atomic mass is 32.1. The highest BCUT2D eigenvalue weighted by Crippen LogP contribution is 1.96. The molecule has 0 atom stereocenters. The Hall–Kier alpha value is -1.62. The lowest BCUT2D eigenvalue weighted by Crippen LogP contribution is -2.36. The summed E-state index contributed by atoms with van der Waals surface area (Å²) in [7, 11) is 0. The largest absolute Gasteiger partial charge is 0.393 e. The molecule has 0 aliphatic heterocycles. The van der Waals surface area contributed by atoms with Crippen LogP contribution in [-0.4, -0.2) is 17.6 Å². The summed E-state index contributed by atoms with van der Waals surface area (Å²) in [6.45, 7) is 0.982. The van der Waals surface area contributed by atoms with Crippen molar-refractivity contribution in [3.05, 3.63) is 35.9 Å². The van der Waals surface area contributed by atoms with E-state index in [-0.39, 0.29) is 6.03 Å². The van der Waals surface area contributed by atoms with E-state index in [1.807, 2.05) is 30.3 Å². The molecule has 0 saturated carbocycles. The molecule has 86 valence electrons. The first-order valence-electron chi connectivity index (χ1n) is 5.02. The summed E-state index contributed by atoms with van der Waals surface area (Å²) in [5.74, 6) is 0. The van der Waals surface area contributed by atoms with Crippen molar-refractivity contribution in [2.75, 3.05) is 6.54 Å². The van der Waals surface area contributed by atoms with Crippen molar-refractivity contribution in [2.24, 2.45) is 5.73 Å². The lowest BCUT2D eigenvalue weighted by atomic mass is 10.2. The average molecular weight is 237 g/mol. The lowest BCUT2D eigenvalue weighted by molar-refractivity contribution is 0.241. The molecule has 1 aromatic carbocycles. The van der Waals surface area contributed by atoms with Crippen molar-refractivity contribution in [1.29, 1.82) is 0 Å². The van der Waals surface area contributed by atoms with Crippen molar-refractivity contribution >= 4 is 23.2 Å². The zero-order chi connectivity index (χ0) is 11.8. The van der Waals surface area contributed by atoms with Gasteiger partial charge >= 0.3 is 6.03 Å². The Morgan fingerprint density at radius 1 is 1.25 bits per heavy atom. The molecule has 4 N–H and O–H groups in total. The maximum absolute atomic E-state index is 11.3. The molecule has 0 radical (unpaired) electrons. The quantitative estimate of drug-likeness (QED) is 0.673. The number of urea groups is 1. The standard InChI is InChI=1S/C11H15N3OS/c12-10(16)6-7-13-11(15)14-8-9-4-2-1-3-5-9/h1-5H,6-8H2,(H2,12,16)(H2,13,14,15). The second kappa shape index (κ2) is 6.79.